The molecule has 0 saturated carbocycles. The predicted molar refractivity (Wildman–Crippen MR) is 289 cm³/mol. The van der Waals surface area contributed by atoms with Gasteiger partial charge in [-0.1, -0.05) is 176 Å². The van der Waals surface area contributed by atoms with Gasteiger partial charge in [0.15, 0.2) is 17.5 Å². The van der Waals surface area contributed by atoms with Gasteiger partial charge in [-0.3, -0.25) is 0 Å². The van der Waals surface area contributed by atoms with Gasteiger partial charge in [0, 0.05) is 75.3 Å². The molecule has 14 aromatic rings. The highest BCUT2D eigenvalue weighted by Gasteiger charge is 2.24. The first-order chi connectivity index (χ1) is 34.2. The summed E-state index contributed by atoms with van der Waals surface area (Å²) in [6.45, 7) is 0. The average molecular weight is 898 g/mol. The van der Waals surface area contributed by atoms with Crippen LogP contribution in [0.15, 0.2) is 237 Å². The topological polar surface area (TPSA) is 48.5 Å². The maximum Gasteiger partial charge on any atom is 0.164 e. The largest absolute Gasteiger partial charge is 0.309 e. The minimum absolute atomic E-state index is 0.606. The van der Waals surface area contributed by atoms with Gasteiger partial charge in [-0.2, -0.15) is 0 Å². The molecule has 4 heterocycles. The number of aromatic nitrogens is 5. The lowest BCUT2D eigenvalue weighted by Gasteiger charge is -2.17. The van der Waals surface area contributed by atoms with Crippen molar-refractivity contribution in [2.45, 2.75) is 0 Å². The van der Waals surface area contributed by atoms with Crippen LogP contribution in [0.2, 0.25) is 0 Å². The molecule has 0 bridgehead atoms. The Bertz CT molecular complexity index is 4190. The standard InChI is InChI=1S/C63H39N5S/c1-4-19-40(20-5-1)45-29-18-33-57-59(45)50-28-12-16-32-56(50)67(57)43-35-36-49(63-65-61(41-21-6-2-7-22-41)64-62(66-63)42-23-8-3-9-24-42)51(37-43)53-39-44(38-52-48-27-13-17-34-58(48)69-60(52)53)68-54-30-14-10-25-46(54)47-26-11-15-31-55(47)68/h1-39H. The summed E-state index contributed by atoms with van der Waals surface area (Å²) < 4.78 is 7.31. The SMILES string of the molecule is c1ccc(-c2nc(-c3ccccc3)nc(-c3ccc(-n4c5ccccc5c5c(-c6ccccc6)cccc54)cc3-c3cc(-n4c5ccccc5c5ccccc54)cc4c3sc3ccccc34)n2)cc1. The fourth-order valence-electron chi connectivity index (χ4n) is 10.5. The Labute approximate surface area is 401 Å². The summed E-state index contributed by atoms with van der Waals surface area (Å²) in [7, 11) is 0. The van der Waals surface area contributed by atoms with E-state index in [0.29, 0.717) is 17.5 Å². The van der Waals surface area contributed by atoms with Gasteiger partial charge in [-0.15, -0.1) is 11.3 Å². The first kappa shape index (κ1) is 39.2. The van der Waals surface area contributed by atoms with Gasteiger partial charge in [0.05, 0.1) is 22.1 Å². The molecular formula is C63H39N5S. The maximum atomic E-state index is 5.37. The quantitative estimate of drug-likeness (QED) is 0.160. The van der Waals surface area contributed by atoms with Crippen molar-refractivity contribution < 1.29 is 0 Å². The molecule has 0 aliphatic heterocycles. The number of hydrogen-bond donors (Lipinski definition) is 0. The Morgan fingerprint density at radius 3 is 1.43 bits per heavy atom. The van der Waals surface area contributed by atoms with Crippen molar-refractivity contribution in [2.24, 2.45) is 0 Å². The number of benzene rings is 10. The highest BCUT2D eigenvalue weighted by molar-refractivity contribution is 7.26. The molecule has 0 aliphatic rings. The molecule has 0 aliphatic carbocycles. The first-order valence-electron chi connectivity index (χ1n) is 23.3. The van der Waals surface area contributed by atoms with Crippen LogP contribution in [0.3, 0.4) is 0 Å². The molecule has 0 fully saturated rings. The van der Waals surface area contributed by atoms with Crippen LogP contribution in [0.25, 0.3) is 132 Å². The molecule has 0 amide bonds. The van der Waals surface area contributed by atoms with Crippen LogP contribution >= 0.6 is 11.3 Å². The minimum atomic E-state index is 0.606. The summed E-state index contributed by atoms with van der Waals surface area (Å²) >= 11 is 1.84. The minimum Gasteiger partial charge on any atom is -0.309 e. The van der Waals surface area contributed by atoms with E-state index < -0.39 is 0 Å². The number of thiophene rings is 1. The van der Waals surface area contributed by atoms with Crippen molar-refractivity contribution in [3.8, 4) is 67.8 Å². The molecule has 69 heavy (non-hydrogen) atoms. The lowest BCUT2D eigenvalue weighted by atomic mass is 9.95. The van der Waals surface area contributed by atoms with E-state index in [2.05, 4.69) is 209 Å². The zero-order chi connectivity index (χ0) is 45.4. The third-order valence-electron chi connectivity index (χ3n) is 13.6. The van der Waals surface area contributed by atoms with Crippen LogP contribution in [0.1, 0.15) is 0 Å². The van der Waals surface area contributed by atoms with Crippen LogP contribution in [0, 0.1) is 0 Å². The molecule has 0 radical (unpaired) electrons. The molecule has 322 valence electrons. The van der Waals surface area contributed by atoms with E-state index in [1.165, 1.54) is 52.8 Å². The van der Waals surface area contributed by atoms with Crippen molar-refractivity contribution in [3.05, 3.63) is 237 Å². The van der Waals surface area contributed by atoms with E-state index in [0.717, 1.165) is 61.3 Å². The third-order valence-corrected chi connectivity index (χ3v) is 14.8. The van der Waals surface area contributed by atoms with Gasteiger partial charge in [-0.25, -0.2) is 15.0 Å². The van der Waals surface area contributed by atoms with E-state index in [1.54, 1.807) is 0 Å². The first-order valence-corrected chi connectivity index (χ1v) is 24.1. The van der Waals surface area contributed by atoms with Crippen molar-refractivity contribution in [2.75, 3.05) is 0 Å². The Balaban J connectivity index is 1.11. The predicted octanol–water partition coefficient (Wildman–Crippen LogP) is 16.8. The molecule has 0 unspecified atom stereocenters. The third kappa shape index (κ3) is 6.34. The summed E-state index contributed by atoms with van der Waals surface area (Å²) in [4.78, 5) is 15.9. The van der Waals surface area contributed by atoms with E-state index in [4.69, 9.17) is 15.0 Å². The number of fused-ring (bicyclic) bond motifs is 9. The fraction of sp³-hybridized carbons (Fsp3) is 0. The smallest absolute Gasteiger partial charge is 0.164 e. The number of para-hydroxylation sites is 3. The van der Waals surface area contributed by atoms with E-state index in [1.807, 2.05) is 47.7 Å². The molecule has 0 saturated heterocycles. The molecule has 5 nitrogen and oxygen atoms in total. The van der Waals surface area contributed by atoms with Gasteiger partial charge in [0.1, 0.15) is 0 Å². The van der Waals surface area contributed by atoms with Crippen LogP contribution in [0.4, 0.5) is 0 Å². The van der Waals surface area contributed by atoms with Crippen molar-refractivity contribution in [1.82, 2.24) is 24.1 Å². The van der Waals surface area contributed by atoms with Crippen molar-refractivity contribution in [3.63, 3.8) is 0 Å². The number of rotatable bonds is 7. The molecule has 0 spiro atoms. The van der Waals surface area contributed by atoms with Gasteiger partial charge in [0.25, 0.3) is 0 Å². The van der Waals surface area contributed by atoms with Crippen molar-refractivity contribution in [1.29, 1.82) is 0 Å². The highest BCUT2D eigenvalue weighted by atomic mass is 32.1. The van der Waals surface area contributed by atoms with Gasteiger partial charge >= 0.3 is 0 Å². The lowest BCUT2D eigenvalue weighted by Crippen LogP contribution is -2.02. The monoisotopic (exact) mass is 897 g/mol. The Hall–Kier alpha value is -8.97. The van der Waals surface area contributed by atoms with E-state index in [9.17, 15) is 0 Å². The zero-order valence-electron chi connectivity index (χ0n) is 37.2. The Morgan fingerprint density at radius 1 is 0.290 bits per heavy atom. The summed E-state index contributed by atoms with van der Waals surface area (Å²) in [5.74, 6) is 1.85. The number of hydrogen-bond acceptors (Lipinski definition) is 4. The average Bonchev–Trinajstić information content (AvgIpc) is 4.09. The molecule has 14 rings (SSSR count). The second-order valence-corrected chi connectivity index (χ2v) is 18.6. The van der Waals surface area contributed by atoms with Gasteiger partial charge < -0.3 is 9.13 Å². The zero-order valence-corrected chi connectivity index (χ0v) is 38.0. The molecule has 6 heteroatoms. The van der Waals surface area contributed by atoms with Gasteiger partial charge in [0.2, 0.25) is 0 Å². The summed E-state index contributed by atoms with van der Waals surface area (Å²) in [6, 6.07) is 84.6. The normalized spacial score (nSPS) is 11.8. The van der Waals surface area contributed by atoms with Crippen LogP contribution in [-0.2, 0) is 0 Å². The Kier molecular flexibility index (Phi) is 9.00. The lowest BCUT2D eigenvalue weighted by molar-refractivity contribution is 1.07. The van der Waals surface area contributed by atoms with E-state index >= 15 is 0 Å². The van der Waals surface area contributed by atoms with E-state index in [-0.39, 0.29) is 0 Å². The maximum absolute atomic E-state index is 5.37. The van der Waals surface area contributed by atoms with Gasteiger partial charge in [-0.05, 0) is 77.4 Å². The van der Waals surface area contributed by atoms with Crippen LogP contribution in [-0.4, -0.2) is 24.1 Å². The summed E-state index contributed by atoms with van der Waals surface area (Å²) in [5, 5.41) is 7.31. The second-order valence-electron chi connectivity index (χ2n) is 17.5. The summed E-state index contributed by atoms with van der Waals surface area (Å²) in [5.41, 5.74) is 14.0. The second kappa shape index (κ2) is 15.8. The summed E-state index contributed by atoms with van der Waals surface area (Å²) in [6.07, 6.45) is 0. The molecule has 0 N–H and O–H groups in total. The molecular weight excluding hydrogens is 859 g/mol. The molecule has 0 atom stereocenters. The highest BCUT2D eigenvalue weighted by Crippen LogP contribution is 2.47. The van der Waals surface area contributed by atoms with Crippen LogP contribution in [0.5, 0.6) is 0 Å². The number of nitrogens with zero attached hydrogens (tertiary/aromatic N) is 5. The fourth-order valence-corrected chi connectivity index (χ4v) is 11.7. The van der Waals surface area contributed by atoms with Crippen molar-refractivity contribution >= 4 is 75.1 Å². The molecule has 4 aromatic heterocycles. The van der Waals surface area contributed by atoms with Crippen LogP contribution < -0.4 is 0 Å². The molecule has 10 aromatic carbocycles. The Morgan fingerprint density at radius 2 is 0.783 bits per heavy atom.